The summed E-state index contributed by atoms with van der Waals surface area (Å²) in [4.78, 5) is 23.2. The molecule has 0 saturated heterocycles. The van der Waals surface area contributed by atoms with Crippen molar-refractivity contribution >= 4 is 35.0 Å². The van der Waals surface area contributed by atoms with Gasteiger partial charge in [-0.2, -0.15) is 0 Å². The smallest absolute Gasteiger partial charge is 1.00 e. The van der Waals surface area contributed by atoms with E-state index < -0.39 is 22.8 Å². The van der Waals surface area contributed by atoms with Crippen molar-refractivity contribution in [3.8, 4) is 0 Å². The Morgan fingerprint density at radius 3 is 1.43 bits per heavy atom. The zero-order valence-corrected chi connectivity index (χ0v) is 16.9. The van der Waals surface area contributed by atoms with Gasteiger partial charge in [-0.25, -0.2) is 0 Å². The van der Waals surface area contributed by atoms with Crippen LogP contribution in [0.4, 0.5) is 0 Å². The Bertz CT molecular complexity index is 343. The molecule has 0 rings (SSSR count). The maximum Gasteiger partial charge on any atom is 2.00 e. The zero-order chi connectivity index (χ0) is 17.2. The molecular formula is C18H36MgO4. The van der Waals surface area contributed by atoms with Crippen LogP contribution in [-0.2, 0) is 9.59 Å². The summed E-state index contributed by atoms with van der Waals surface area (Å²) in [7, 11) is 0. The van der Waals surface area contributed by atoms with Crippen LogP contribution in [0.5, 0.6) is 0 Å². The van der Waals surface area contributed by atoms with E-state index in [0.717, 1.165) is 19.3 Å². The van der Waals surface area contributed by atoms with Crippen molar-refractivity contribution in [2.75, 3.05) is 0 Å². The minimum atomic E-state index is -1.69. The van der Waals surface area contributed by atoms with Crippen molar-refractivity contribution in [3.63, 3.8) is 0 Å². The van der Waals surface area contributed by atoms with E-state index in [4.69, 9.17) is 0 Å². The second-order valence-electron chi connectivity index (χ2n) is 7.34. The Balaban J connectivity index is -0.000000735. The minimum absolute atomic E-state index is 0. The summed E-state index contributed by atoms with van der Waals surface area (Å²) in [6.45, 7) is 7.29. The fraction of sp³-hybridized carbons (Fsp3) is 0.889. The van der Waals surface area contributed by atoms with Gasteiger partial charge in [-0.1, -0.05) is 85.5 Å². The molecule has 0 aliphatic heterocycles. The molecule has 0 amide bonds. The van der Waals surface area contributed by atoms with Crippen LogP contribution >= 0.6 is 0 Å². The zero-order valence-electron chi connectivity index (χ0n) is 17.5. The van der Waals surface area contributed by atoms with Gasteiger partial charge in [-0.3, -0.25) is 9.59 Å². The van der Waals surface area contributed by atoms with E-state index in [1.54, 1.807) is 20.8 Å². The van der Waals surface area contributed by atoms with Gasteiger partial charge < -0.3 is 13.1 Å². The van der Waals surface area contributed by atoms with Crippen molar-refractivity contribution in [1.29, 1.82) is 0 Å². The largest absolute Gasteiger partial charge is 2.00 e. The average Bonchev–Trinajstić information content (AvgIpc) is 2.38. The number of hydrogen-bond acceptors (Lipinski definition) is 2. The maximum absolute atomic E-state index is 11.6. The standard InChI is InChI=1S/C18H34O4.Mg.2H/c1-5-6-7-8-9-10-11-12-13-14-18(15(19)20,16(21)22)17(2,3)4;;;/h5-14H2,1-4H3,(H,19,20)(H,21,22);;;/q;+2;2*-1. The number of carboxylic acids is 2. The van der Waals surface area contributed by atoms with Gasteiger partial charge in [0.25, 0.3) is 0 Å². The molecule has 5 heteroatoms. The van der Waals surface area contributed by atoms with Gasteiger partial charge in [0.2, 0.25) is 0 Å². The van der Waals surface area contributed by atoms with Gasteiger partial charge >= 0.3 is 35.0 Å². The van der Waals surface area contributed by atoms with E-state index in [2.05, 4.69) is 6.92 Å². The van der Waals surface area contributed by atoms with E-state index in [-0.39, 0.29) is 32.3 Å². The molecule has 4 nitrogen and oxygen atoms in total. The van der Waals surface area contributed by atoms with Crippen LogP contribution < -0.4 is 0 Å². The van der Waals surface area contributed by atoms with Crippen molar-refractivity contribution in [2.24, 2.45) is 10.8 Å². The molecule has 0 atom stereocenters. The van der Waals surface area contributed by atoms with Crippen LogP contribution in [0, 0.1) is 10.8 Å². The van der Waals surface area contributed by atoms with Crippen LogP contribution in [0.15, 0.2) is 0 Å². The van der Waals surface area contributed by atoms with Crippen LogP contribution in [-0.4, -0.2) is 45.2 Å². The average molecular weight is 341 g/mol. The maximum atomic E-state index is 11.6. The first kappa shape index (κ1) is 25.0. The number of rotatable bonds is 12. The first-order chi connectivity index (χ1) is 10.2. The molecule has 0 radical (unpaired) electrons. The van der Waals surface area contributed by atoms with Crippen LogP contribution in [0.1, 0.15) is 94.8 Å². The van der Waals surface area contributed by atoms with E-state index in [1.165, 1.54) is 32.1 Å². The Morgan fingerprint density at radius 1 is 0.783 bits per heavy atom. The van der Waals surface area contributed by atoms with Crippen molar-refractivity contribution in [3.05, 3.63) is 0 Å². The van der Waals surface area contributed by atoms with Gasteiger partial charge in [0.1, 0.15) is 0 Å². The summed E-state index contributed by atoms with van der Waals surface area (Å²) >= 11 is 0. The summed E-state index contributed by atoms with van der Waals surface area (Å²) in [5.74, 6) is -2.43. The first-order valence-electron chi connectivity index (χ1n) is 8.67. The van der Waals surface area contributed by atoms with Gasteiger partial charge in [0, 0.05) is 0 Å². The van der Waals surface area contributed by atoms with Crippen LogP contribution in [0.3, 0.4) is 0 Å². The number of hydrogen-bond donors (Lipinski definition) is 2. The molecule has 0 spiro atoms. The number of unbranched alkanes of at least 4 members (excludes halogenated alkanes) is 8. The summed E-state index contributed by atoms with van der Waals surface area (Å²) < 4.78 is 0. The molecule has 0 fully saturated rings. The molecule has 0 aliphatic carbocycles. The Hall–Kier alpha value is -0.294. The SMILES string of the molecule is CCCCCCCCCCCC(C(=O)O)(C(=O)O)C(C)(C)C.[H-].[H-].[Mg+2]. The minimum Gasteiger partial charge on any atom is -1.00 e. The fourth-order valence-electron chi connectivity index (χ4n) is 3.02. The topological polar surface area (TPSA) is 74.6 Å². The summed E-state index contributed by atoms with van der Waals surface area (Å²) in [5.41, 5.74) is -2.49. The van der Waals surface area contributed by atoms with E-state index in [1.807, 2.05) is 0 Å². The van der Waals surface area contributed by atoms with Crippen molar-refractivity contribution in [1.82, 2.24) is 0 Å². The normalized spacial score (nSPS) is 11.8. The molecule has 2 N–H and O–H groups in total. The van der Waals surface area contributed by atoms with Crippen molar-refractivity contribution in [2.45, 2.75) is 91.9 Å². The summed E-state index contributed by atoms with van der Waals surface area (Å²) in [6.07, 6.45) is 10.3. The van der Waals surface area contributed by atoms with Crippen LogP contribution in [0.25, 0.3) is 0 Å². The summed E-state index contributed by atoms with van der Waals surface area (Å²) in [6, 6.07) is 0. The monoisotopic (exact) mass is 340 g/mol. The molecule has 0 unspecified atom stereocenters. The van der Waals surface area contributed by atoms with Gasteiger partial charge in [-0.15, -0.1) is 0 Å². The predicted octanol–water partition coefficient (Wildman–Crippen LogP) is 4.95. The molecule has 0 aromatic carbocycles. The summed E-state index contributed by atoms with van der Waals surface area (Å²) in [5, 5.41) is 18.9. The molecule has 0 aromatic heterocycles. The Labute approximate surface area is 160 Å². The third-order valence-electron chi connectivity index (χ3n) is 4.67. The van der Waals surface area contributed by atoms with Crippen molar-refractivity contribution < 1.29 is 22.7 Å². The third kappa shape index (κ3) is 7.88. The molecule has 0 heterocycles. The van der Waals surface area contributed by atoms with E-state index >= 15 is 0 Å². The van der Waals surface area contributed by atoms with E-state index in [9.17, 15) is 19.8 Å². The predicted molar refractivity (Wildman–Crippen MR) is 97.0 cm³/mol. The Kier molecular flexibility index (Phi) is 13.2. The molecule has 134 valence electrons. The molecule has 0 aromatic rings. The third-order valence-corrected chi connectivity index (χ3v) is 4.67. The second kappa shape index (κ2) is 12.1. The van der Waals surface area contributed by atoms with Gasteiger partial charge in [0.05, 0.1) is 0 Å². The number of carboxylic acid groups (broad SMARTS) is 2. The molecule has 23 heavy (non-hydrogen) atoms. The molecular weight excluding hydrogens is 304 g/mol. The number of carbonyl (C=O) groups is 2. The fourth-order valence-corrected chi connectivity index (χ4v) is 3.02. The number of aliphatic carboxylic acids is 2. The van der Waals surface area contributed by atoms with Gasteiger partial charge in [0.15, 0.2) is 5.41 Å². The van der Waals surface area contributed by atoms with Crippen LogP contribution in [0.2, 0.25) is 0 Å². The Morgan fingerprint density at radius 2 is 1.13 bits per heavy atom. The second-order valence-corrected chi connectivity index (χ2v) is 7.34. The van der Waals surface area contributed by atoms with Gasteiger partial charge in [-0.05, 0) is 11.8 Å². The molecule has 0 bridgehead atoms. The molecule has 0 aliphatic rings. The first-order valence-corrected chi connectivity index (χ1v) is 8.67. The molecule has 0 saturated carbocycles. The van der Waals surface area contributed by atoms with E-state index in [0.29, 0.717) is 6.42 Å². The quantitative estimate of drug-likeness (QED) is 0.299.